The summed E-state index contributed by atoms with van der Waals surface area (Å²) in [6, 6.07) is 14.7. The normalized spacial score (nSPS) is 11.4. The SMILES string of the molecule is Cc1ccc2c(c1)nc(N)n2-c1ccc(C(C)C)cc1. The molecule has 1 aromatic heterocycles. The van der Waals surface area contributed by atoms with Crippen LogP contribution >= 0.6 is 0 Å². The van der Waals surface area contributed by atoms with Crippen molar-refractivity contribution in [3.8, 4) is 5.69 Å². The third kappa shape index (κ3) is 2.05. The smallest absolute Gasteiger partial charge is 0.205 e. The van der Waals surface area contributed by atoms with E-state index in [0.717, 1.165) is 16.7 Å². The van der Waals surface area contributed by atoms with Crippen LogP contribution in [0.3, 0.4) is 0 Å². The standard InChI is InChI=1S/C17H19N3/c1-11(2)13-5-7-14(8-6-13)20-16-9-4-12(3)10-15(16)19-17(20)18/h4-11H,1-3H3,(H2,18,19). The topological polar surface area (TPSA) is 43.8 Å². The van der Waals surface area contributed by atoms with Crippen LogP contribution in [0.1, 0.15) is 30.9 Å². The average Bonchev–Trinajstić information content (AvgIpc) is 2.73. The minimum absolute atomic E-state index is 0.530. The predicted octanol–water partition coefficient (Wildman–Crippen LogP) is 4.04. The lowest BCUT2D eigenvalue weighted by Crippen LogP contribution is -2.00. The highest BCUT2D eigenvalue weighted by molar-refractivity contribution is 5.81. The Morgan fingerprint density at radius 1 is 1.05 bits per heavy atom. The number of nitrogens with zero attached hydrogens (tertiary/aromatic N) is 2. The molecule has 0 saturated heterocycles. The van der Waals surface area contributed by atoms with Gasteiger partial charge in [-0.05, 0) is 48.2 Å². The molecule has 0 bridgehead atoms. The second kappa shape index (κ2) is 4.67. The van der Waals surface area contributed by atoms with Crippen LogP contribution in [-0.4, -0.2) is 9.55 Å². The molecular weight excluding hydrogens is 246 g/mol. The summed E-state index contributed by atoms with van der Waals surface area (Å²) in [5.74, 6) is 1.06. The fourth-order valence-corrected chi connectivity index (χ4v) is 2.49. The number of nitrogen functional groups attached to an aromatic ring is 1. The molecule has 20 heavy (non-hydrogen) atoms. The number of hydrogen-bond donors (Lipinski definition) is 1. The molecule has 2 N–H and O–H groups in total. The van der Waals surface area contributed by atoms with Crippen LogP contribution in [0, 0.1) is 6.92 Å². The number of aryl methyl sites for hydroxylation is 1. The van der Waals surface area contributed by atoms with Crippen molar-refractivity contribution < 1.29 is 0 Å². The molecule has 0 unspecified atom stereocenters. The summed E-state index contributed by atoms with van der Waals surface area (Å²) in [7, 11) is 0. The van der Waals surface area contributed by atoms with Crippen LogP contribution in [0.25, 0.3) is 16.7 Å². The van der Waals surface area contributed by atoms with E-state index in [1.165, 1.54) is 11.1 Å². The van der Waals surface area contributed by atoms with Gasteiger partial charge in [-0.1, -0.05) is 32.0 Å². The van der Waals surface area contributed by atoms with E-state index in [1.807, 2.05) is 4.57 Å². The Kier molecular flexibility index (Phi) is 2.97. The van der Waals surface area contributed by atoms with Crippen LogP contribution in [0.2, 0.25) is 0 Å². The molecule has 1 heterocycles. The summed E-state index contributed by atoms with van der Waals surface area (Å²) in [6.07, 6.45) is 0. The van der Waals surface area contributed by atoms with Gasteiger partial charge in [0.2, 0.25) is 5.95 Å². The highest BCUT2D eigenvalue weighted by Gasteiger charge is 2.10. The van der Waals surface area contributed by atoms with E-state index in [0.29, 0.717) is 11.9 Å². The summed E-state index contributed by atoms with van der Waals surface area (Å²) in [5, 5.41) is 0. The van der Waals surface area contributed by atoms with E-state index in [1.54, 1.807) is 0 Å². The Morgan fingerprint density at radius 3 is 2.40 bits per heavy atom. The van der Waals surface area contributed by atoms with E-state index in [2.05, 4.69) is 68.2 Å². The van der Waals surface area contributed by atoms with Gasteiger partial charge in [0.25, 0.3) is 0 Å². The first-order chi connectivity index (χ1) is 9.56. The number of nitrogens with two attached hydrogens (primary N) is 1. The van der Waals surface area contributed by atoms with Crippen molar-refractivity contribution in [2.75, 3.05) is 5.73 Å². The van der Waals surface area contributed by atoms with Crippen LogP contribution in [0.5, 0.6) is 0 Å². The molecule has 0 spiro atoms. The molecular formula is C17H19N3. The minimum atomic E-state index is 0.530. The van der Waals surface area contributed by atoms with Crippen molar-refractivity contribution in [3.63, 3.8) is 0 Å². The first-order valence-corrected chi connectivity index (χ1v) is 6.91. The number of rotatable bonds is 2. The number of anilines is 1. The van der Waals surface area contributed by atoms with Crippen LogP contribution in [0.4, 0.5) is 5.95 Å². The molecule has 0 aliphatic carbocycles. The molecule has 0 fully saturated rings. The third-order valence-corrected chi connectivity index (χ3v) is 3.65. The zero-order valence-corrected chi connectivity index (χ0v) is 12.1. The Labute approximate surface area is 119 Å². The van der Waals surface area contributed by atoms with Gasteiger partial charge in [-0.25, -0.2) is 4.98 Å². The molecule has 3 aromatic rings. The van der Waals surface area contributed by atoms with E-state index in [-0.39, 0.29) is 0 Å². The van der Waals surface area contributed by atoms with Gasteiger partial charge in [0.15, 0.2) is 0 Å². The quantitative estimate of drug-likeness (QED) is 0.760. The third-order valence-electron chi connectivity index (χ3n) is 3.65. The van der Waals surface area contributed by atoms with Gasteiger partial charge in [-0.2, -0.15) is 0 Å². The van der Waals surface area contributed by atoms with Crippen molar-refractivity contribution >= 4 is 17.0 Å². The monoisotopic (exact) mass is 265 g/mol. The summed E-state index contributed by atoms with van der Waals surface area (Å²) >= 11 is 0. The largest absolute Gasteiger partial charge is 0.369 e. The van der Waals surface area contributed by atoms with Crippen molar-refractivity contribution in [2.24, 2.45) is 0 Å². The Morgan fingerprint density at radius 2 is 1.75 bits per heavy atom. The highest BCUT2D eigenvalue weighted by Crippen LogP contribution is 2.25. The van der Waals surface area contributed by atoms with E-state index in [4.69, 9.17) is 5.73 Å². The van der Waals surface area contributed by atoms with Gasteiger partial charge in [0.1, 0.15) is 0 Å². The maximum Gasteiger partial charge on any atom is 0.205 e. The Bertz CT molecular complexity index is 752. The van der Waals surface area contributed by atoms with Crippen LogP contribution in [0.15, 0.2) is 42.5 Å². The maximum absolute atomic E-state index is 6.09. The molecule has 0 atom stereocenters. The van der Waals surface area contributed by atoms with Crippen LogP contribution < -0.4 is 5.73 Å². The number of aromatic nitrogens is 2. The highest BCUT2D eigenvalue weighted by atomic mass is 15.2. The summed E-state index contributed by atoms with van der Waals surface area (Å²) in [6.45, 7) is 6.45. The lowest BCUT2D eigenvalue weighted by Gasteiger charge is -2.09. The molecule has 3 heteroatoms. The number of benzene rings is 2. The first-order valence-electron chi connectivity index (χ1n) is 6.91. The van der Waals surface area contributed by atoms with Gasteiger partial charge >= 0.3 is 0 Å². The molecule has 3 nitrogen and oxygen atoms in total. The van der Waals surface area contributed by atoms with E-state index < -0.39 is 0 Å². The first kappa shape index (κ1) is 12.7. The number of hydrogen-bond acceptors (Lipinski definition) is 2. The molecule has 3 rings (SSSR count). The Balaban J connectivity index is 2.16. The molecule has 102 valence electrons. The Hall–Kier alpha value is -2.29. The van der Waals surface area contributed by atoms with E-state index in [9.17, 15) is 0 Å². The van der Waals surface area contributed by atoms with E-state index >= 15 is 0 Å². The fraction of sp³-hybridized carbons (Fsp3) is 0.235. The van der Waals surface area contributed by atoms with Crippen molar-refractivity contribution in [3.05, 3.63) is 53.6 Å². The second-order valence-corrected chi connectivity index (χ2v) is 5.54. The maximum atomic E-state index is 6.09. The lowest BCUT2D eigenvalue weighted by atomic mass is 10.0. The number of fused-ring (bicyclic) bond motifs is 1. The summed E-state index contributed by atoms with van der Waals surface area (Å²) in [5.41, 5.74) is 11.6. The molecule has 0 aliphatic rings. The summed E-state index contributed by atoms with van der Waals surface area (Å²) in [4.78, 5) is 4.45. The van der Waals surface area contributed by atoms with Gasteiger partial charge in [-0.15, -0.1) is 0 Å². The van der Waals surface area contributed by atoms with Gasteiger partial charge in [0, 0.05) is 5.69 Å². The molecule has 2 aromatic carbocycles. The van der Waals surface area contributed by atoms with Crippen molar-refractivity contribution in [2.45, 2.75) is 26.7 Å². The number of imidazole rings is 1. The minimum Gasteiger partial charge on any atom is -0.369 e. The molecule has 0 saturated carbocycles. The van der Waals surface area contributed by atoms with Crippen LogP contribution in [-0.2, 0) is 0 Å². The summed E-state index contributed by atoms with van der Waals surface area (Å²) < 4.78 is 2.00. The molecule has 0 radical (unpaired) electrons. The van der Waals surface area contributed by atoms with Gasteiger partial charge in [0.05, 0.1) is 11.0 Å². The fourth-order valence-electron chi connectivity index (χ4n) is 2.49. The molecule has 0 aliphatic heterocycles. The second-order valence-electron chi connectivity index (χ2n) is 5.54. The lowest BCUT2D eigenvalue weighted by molar-refractivity contribution is 0.865. The average molecular weight is 265 g/mol. The zero-order chi connectivity index (χ0) is 14.3. The predicted molar refractivity (Wildman–Crippen MR) is 84.3 cm³/mol. The van der Waals surface area contributed by atoms with Crippen molar-refractivity contribution in [1.29, 1.82) is 0 Å². The molecule has 0 amide bonds. The van der Waals surface area contributed by atoms with Gasteiger partial charge < -0.3 is 5.73 Å². The zero-order valence-electron chi connectivity index (χ0n) is 12.1. The van der Waals surface area contributed by atoms with Crippen molar-refractivity contribution in [1.82, 2.24) is 9.55 Å². The van der Waals surface area contributed by atoms with Gasteiger partial charge in [-0.3, -0.25) is 4.57 Å².